The summed E-state index contributed by atoms with van der Waals surface area (Å²) in [6.45, 7) is 7.58. The van der Waals surface area contributed by atoms with E-state index in [0.29, 0.717) is 5.11 Å². The molecule has 2 heterocycles. The second-order valence-electron chi connectivity index (χ2n) is 5.87. The lowest BCUT2D eigenvalue weighted by molar-refractivity contribution is 0.123. The summed E-state index contributed by atoms with van der Waals surface area (Å²) in [6, 6.07) is 10.3. The molecule has 0 aliphatic carbocycles. The van der Waals surface area contributed by atoms with E-state index in [4.69, 9.17) is 17.0 Å². The Bertz CT molecular complexity index is 746. The molecule has 1 saturated heterocycles. The van der Waals surface area contributed by atoms with Crippen LogP contribution in [0.5, 0.6) is 0 Å². The van der Waals surface area contributed by atoms with Crippen LogP contribution in [0, 0.1) is 13.8 Å². The molecule has 25 heavy (non-hydrogen) atoms. The Hall–Kier alpha value is -1.96. The number of benzene rings is 1. The Labute approximate surface area is 157 Å². The molecule has 2 aromatic rings. The first-order valence-corrected chi connectivity index (χ1v) is 9.45. The summed E-state index contributed by atoms with van der Waals surface area (Å²) < 4.78 is 5.39. The van der Waals surface area contributed by atoms with Crippen LogP contribution in [0.4, 0.5) is 10.7 Å². The second kappa shape index (κ2) is 8.42. The fourth-order valence-electron chi connectivity index (χ4n) is 2.67. The summed E-state index contributed by atoms with van der Waals surface area (Å²) in [5.41, 5.74) is 6.22. The lowest BCUT2D eigenvalue weighted by atomic mass is 10.1. The zero-order valence-corrected chi connectivity index (χ0v) is 16.0. The number of rotatable bonds is 4. The number of nitrogens with zero attached hydrogens (tertiary/aromatic N) is 2. The van der Waals surface area contributed by atoms with Gasteiger partial charge in [0.2, 0.25) is 0 Å². The van der Waals surface area contributed by atoms with Gasteiger partial charge in [0.15, 0.2) is 5.11 Å². The van der Waals surface area contributed by atoms with Gasteiger partial charge in [-0.1, -0.05) is 18.2 Å². The summed E-state index contributed by atoms with van der Waals surface area (Å²) in [4.78, 5) is 3.43. The molecule has 7 heteroatoms. The van der Waals surface area contributed by atoms with Gasteiger partial charge in [0, 0.05) is 23.7 Å². The van der Waals surface area contributed by atoms with Gasteiger partial charge in [0.1, 0.15) is 0 Å². The number of hydrogen-bond acceptors (Lipinski definition) is 5. The molecule has 132 valence electrons. The van der Waals surface area contributed by atoms with Crippen molar-refractivity contribution in [1.29, 1.82) is 0 Å². The first-order valence-electron chi connectivity index (χ1n) is 8.22. The molecule has 1 aromatic heterocycles. The molecule has 0 saturated carbocycles. The molecular formula is C18H22N4OS2. The third-order valence-electron chi connectivity index (χ3n) is 4.01. The van der Waals surface area contributed by atoms with E-state index in [2.05, 4.69) is 58.9 Å². The molecule has 3 rings (SSSR count). The molecule has 0 radical (unpaired) electrons. The Morgan fingerprint density at radius 3 is 2.64 bits per heavy atom. The van der Waals surface area contributed by atoms with Gasteiger partial charge in [0.25, 0.3) is 0 Å². The second-order valence-corrected chi connectivity index (χ2v) is 7.37. The highest BCUT2D eigenvalue weighted by atomic mass is 32.1. The minimum Gasteiger partial charge on any atom is -0.378 e. The van der Waals surface area contributed by atoms with Crippen LogP contribution in [0.3, 0.4) is 0 Å². The van der Waals surface area contributed by atoms with E-state index in [1.165, 1.54) is 5.00 Å². The van der Waals surface area contributed by atoms with Crippen LogP contribution in [-0.2, 0) is 4.74 Å². The van der Waals surface area contributed by atoms with Gasteiger partial charge in [-0.15, -0.1) is 11.3 Å². The van der Waals surface area contributed by atoms with Crippen molar-refractivity contribution in [2.45, 2.75) is 13.8 Å². The fourth-order valence-corrected chi connectivity index (χ4v) is 3.76. The Balaban J connectivity index is 1.54. The molecule has 1 fully saturated rings. The zero-order chi connectivity index (χ0) is 17.6. The topological polar surface area (TPSA) is 48.9 Å². The van der Waals surface area contributed by atoms with Crippen LogP contribution in [0.1, 0.15) is 16.0 Å². The van der Waals surface area contributed by atoms with Crippen molar-refractivity contribution in [1.82, 2.24) is 5.43 Å². The van der Waals surface area contributed by atoms with Gasteiger partial charge in [-0.05, 0) is 49.3 Å². The van der Waals surface area contributed by atoms with Crippen LogP contribution in [0.2, 0.25) is 0 Å². The van der Waals surface area contributed by atoms with E-state index in [0.717, 1.165) is 48.0 Å². The fraction of sp³-hybridized carbons (Fsp3) is 0.333. The molecule has 2 N–H and O–H groups in total. The van der Waals surface area contributed by atoms with E-state index in [9.17, 15) is 0 Å². The summed E-state index contributed by atoms with van der Waals surface area (Å²) in [7, 11) is 0. The van der Waals surface area contributed by atoms with E-state index in [1.54, 1.807) is 17.6 Å². The molecular weight excluding hydrogens is 352 g/mol. The van der Waals surface area contributed by atoms with Gasteiger partial charge < -0.3 is 15.0 Å². The predicted molar refractivity (Wildman–Crippen MR) is 110 cm³/mol. The average Bonchev–Trinajstić information content (AvgIpc) is 3.08. The minimum atomic E-state index is 0.485. The molecule has 5 nitrogen and oxygen atoms in total. The molecule has 0 bridgehead atoms. The number of para-hydroxylation sites is 1. The van der Waals surface area contributed by atoms with Crippen LogP contribution < -0.4 is 15.6 Å². The first-order chi connectivity index (χ1) is 12.1. The normalized spacial score (nSPS) is 14.7. The number of thiocarbonyl (C=S) groups is 1. The molecule has 1 aliphatic rings. The predicted octanol–water partition coefficient (Wildman–Crippen LogP) is 3.52. The Morgan fingerprint density at radius 2 is 1.92 bits per heavy atom. The van der Waals surface area contributed by atoms with Crippen molar-refractivity contribution >= 4 is 45.6 Å². The minimum absolute atomic E-state index is 0.485. The van der Waals surface area contributed by atoms with Crippen molar-refractivity contribution in [2.75, 3.05) is 36.5 Å². The smallest absolute Gasteiger partial charge is 0.191 e. The van der Waals surface area contributed by atoms with Crippen LogP contribution in [0.15, 0.2) is 35.4 Å². The Kier molecular flexibility index (Phi) is 6.01. The van der Waals surface area contributed by atoms with Gasteiger partial charge >= 0.3 is 0 Å². The molecule has 0 unspecified atom stereocenters. The quantitative estimate of drug-likeness (QED) is 0.487. The third kappa shape index (κ3) is 4.78. The summed E-state index contributed by atoms with van der Waals surface area (Å²) >= 11 is 7.04. The number of hydrogen-bond donors (Lipinski definition) is 2. The van der Waals surface area contributed by atoms with Gasteiger partial charge in [-0.25, -0.2) is 0 Å². The lowest BCUT2D eigenvalue weighted by Gasteiger charge is -2.27. The highest BCUT2D eigenvalue weighted by Crippen LogP contribution is 2.25. The van der Waals surface area contributed by atoms with Crippen molar-refractivity contribution in [3.05, 3.63) is 46.3 Å². The van der Waals surface area contributed by atoms with E-state index >= 15 is 0 Å². The maximum atomic E-state index is 5.39. The number of anilines is 2. The molecule has 1 aromatic carbocycles. The van der Waals surface area contributed by atoms with Crippen molar-refractivity contribution in [3.63, 3.8) is 0 Å². The van der Waals surface area contributed by atoms with Crippen LogP contribution in [-0.4, -0.2) is 37.6 Å². The number of aryl methyl sites for hydroxylation is 2. The maximum absolute atomic E-state index is 5.39. The number of morpholine rings is 1. The summed E-state index contributed by atoms with van der Waals surface area (Å²) in [5.74, 6) is 0. The van der Waals surface area contributed by atoms with Gasteiger partial charge in [-0.2, -0.15) is 5.10 Å². The monoisotopic (exact) mass is 374 g/mol. The third-order valence-corrected chi connectivity index (χ3v) is 5.29. The lowest BCUT2D eigenvalue weighted by Crippen LogP contribution is -2.35. The molecule has 0 amide bonds. The molecule has 0 spiro atoms. The van der Waals surface area contributed by atoms with E-state index < -0.39 is 0 Å². The van der Waals surface area contributed by atoms with E-state index in [-0.39, 0.29) is 0 Å². The number of thiophene rings is 1. The van der Waals surface area contributed by atoms with Crippen molar-refractivity contribution in [3.8, 4) is 0 Å². The summed E-state index contributed by atoms with van der Waals surface area (Å²) in [5, 5.41) is 9.19. The van der Waals surface area contributed by atoms with Gasteiger partial charge in [-0.3, -0.25) is 5.43 Å². The molecule has 1 aliphatic heterocycles. The highest BCUT2D eigenvalue weighted by Gasteiger charge is 2.12. The number of hydrazone groups is 1. The van der Waals surface area contributed by atoms with Gasteiger partial charge in [0.05, 0.1) is 24.4 Å². The highest BCUT2D eigenvalue weighted by molar-refractivity contribution is 7.80. The molecule has 0 atom stereocenters. The number of ether oxygens (including phenoxy) is 1. The summed E-state index contributed by atoms with van der Waals surface area (Å²) in [6.07, 6.45) is 1.80. The van der Waals surface area contributed by atoms with Crippen LogP contribution >= 0.6 is 23.6 Å². The standard InChI is InChI=1S/C18H22N4OS2/c1-13-4-3-5-14(2)17(13)20-18(24)21-19-12-15-6-7-16(25-15)22-8-10-23-11-9-22/h3-7,12H,8-11H2,1-2H3,(H2,20,21,24)/b19-12-. The Morgan fingerprint density at radius 1 is 1.20 bits per heavy atom. The van der Waals surface area contributed by atoms with Crippen molar-refractivity contribution < 1.29 is 4.74 Å². The first kappa shape index (κ1) is 17.8. The zero-order valence-electron chi connectivity index (χ0n) is 14.4. The van der Waals surface area contributed by atoms with Crippen molar-refractivity contribution in [2.24, 2.45) is 5.10 Å². The van der Waals surface area contributed by atoms with E-state index in [1.807, 2.05) is 6.07 Å². The van der Waals surface area contributed by atoms with Crippen LogP contribution in [0.25, 0.3) is 0 Å². The SMILES string of the molecule is Cc1cccc(C)c1NC(=S)N/N=C\c1ccc(N2CCOCC2)s1. The number of nitrogens with one attached hydrogen (secondary N) is 2. The largest absolute Gasteiger partial charge is 0.378 e. The average molecular weight is 375 g/mol. The maximum Gasteiger partial charge on any atom is 0.191 e.